The quantitative estimate of drug-likeness (QED) is 0.777. The van der Waals surface area contributed by atoms with Crippen LogP contribution in [0.15, 0.2) is 18.3 Å². The lowest BCUT2D eigenvalue weighted by Gasteiger charge is -2.14. The first-order chi connectivity index (χ1) is 7.79. The molecule has 0 radical (unpaired) electrons. The van der Waals surface area contributed by atoms with Gasteiger partial charge >= 0.3 is 0 Å². The first kappa shape index (κ1) is 11.5. The Morgan fingerprint density at radius 3 is 3.12 bits per heavy atom. The molecule has 2 rings (SSSR count). The summed E-state index contributed by atoms with van der Waals surface area (Å²) in [7, 11) is 1.72. The molecular weight excluding hydrogens is 207 g/mol. The van der Waals surface area contributed by atoms with Gasteiger partial charge in [-0.05, 0) is 25.1 Å². The van der Waals surface area contributed by atoms with Crippen LogP contribution in [0, 0.1) is 5.82 Å². The van der Waals surface area contributed by atoms with E-state index in [1.807, 2.05) is 0 Å². The molecule has 0 aromatic carbocycles. The second-order valence-corrected chi connectivity index (χ2v) is 4.18. The number of methoxy groups -OCH3 is 1. The molecule has 0 saturated carbocycles. The van der Waals surface area contributed by atoms with Crippen LogP contribution < -0.4 is 0 Å². The molecule has 88 valence electrons. The van der Waals surface area contributed by atoms with Crippen molar-refractivity contribution in [3.8, 4) is 0 Å². The molecule has 1 aliphatic rings. The number of halogens is 1. The number of hydrogen-bond acceptors (Lipinski definition) is 3. The minimum absolute atomic E-state index is 0.266. The van der Waals surface area contributed by atoms with Crippen LogP contribution in [0.5, 0.6) is 0 Å². The molecule has 1 aromatic heterocycles. The molecule has 1 saturated heterocycles. The summed E-state index contributed by atoms with van der Waals surface area (Å²) in [6, 6.07) is 3.28. The van der Waals surface area contributed by atoms with Gasteiger partial charge < -0.3 is 9.64 Å². The molecule has 0 spiro atoms. The van der Waals surface area contributed by atoms with E-state index in [9.17, 15) is 4.39 Å². The molecule has 2 heterocycles. The Balaban J connectivity index is 1.90. The number of pyridine rings is 1. The first-order valence-corrected chi connectivity index (χ1v) is 5.62. The second-order valence-electron chi connectivity index (χ2n) is 4.18. The van der Waals surface area contributed by atoms with Crippen LogP contribution in [0.2, 0.25) is 0 Å². The normalized spacial score (nSPS) is 21.5. The monoisotopic (exact) mass is 224 g/mol. The summed E-state index contributed by atoms with van der Waals surface area (Å²) < 4.78 is 17.8. The second kappa shape index (κ2) is 5.37. The number of likely N-dealkylation sites (tertiary alicyclic amines) is 1. The number of aromatic nitrogens is 1. The Hall–Kier alpha value is -1.00. The van der Waals surface area contributed by atoms with E-state index in [2.05, 4.69) is 9.88 Å². The summed E-state index contributed by atoms with van der Waals surface area (Å²) in [6.45, 7) is 3.81. The van der Waals surface area contributed by atoms with E-state index >= 15 is 0 Å². The molecule has 0 bridgehead atoms. The molecule has 4 heteroatoms. The maximum atomic E-state index is 12.7. The Morgan fingerprint density at radius 1 is 1.56 bits per heavy atom. The van der Waals surface area contributed by atoms with Gasteiger partial charge in [0.25, 0.3) is 0 Å². The summed E-state index contributed by atoms with van der Waals surface area (Å²) in [5.41, 5.74) is 1.00. The van der Waals surface area contributed by atoms with Gasteiger partial charge in [-0.15, -0.1) is 0 Å². The summed E-state index contributed by atoms with van der Waals surface area (Å²) in [4.78, 5) is 6.50. The third-order valence-electron chi connectivity index (χ3n) is 3.05. The Kier molecular flexibility index (Phi) is 3.85. The predicted octanol–water partition coefficient (Wildman–Crippen LogP) is 1.66. The van der Waals surface area contributed by atoms with Crippen LogP contribution in [-0.2, 0) is 4.74 Å². The standard InChI is InChI=1S/C12H17FN2O/c1-16-7-6-15-5-4-10(9-15)12-3-2-11(13)8-14-12/h2-3,8,10H,4-7,9H2,1H3/t10-/m0/s1. The maximum Gasteiger partial charge on any atom is 0.141 e. The van der Waals surface area contributed by atoms with Crippen LogP contribution >= 0.6 is 0 Å². The predicted molar refractivity (Wildman–Crippen MR) is 59.9 cm³/mol. The van der Waals surface area contributed by atoms with Gasteiger partial charge in [-0.1, -0.05) is 0 Å². The average Bonchev–Trinajstić information content (AvgIpc) is 2.76. The van der Waals surface area contributed by atoms with Crippen molar-refractivity contribution in [3.05, 3.63) is 29.8 Å². The fourth-order valence-corrected chi connectivity index (χ4v) is 2.13. The van der Waals surface area contributed by atoms with Crippen molar-refractivity contribution >= 4 is 0 Å². The van der Waals surface area contributed by atoms with Gasteiger partial charge in [0.1, 0.15) is 5.82 Å². The highest BCUT2D eigenvalue weighted by molar-refractivity contribution is 5.12. The van der Waals surface area contributed by atoms with Crippen LogP contribution in [0.3, 0.4) is 0 Å². The van der Waals surface area contributed by atoms with E-state index < -0.39 is 0 Å². The largest absolute Gasteiger partial charge is 0.383 e. The maximum absolute atomic E-state index is 12.7. The topological polar surface area (TPSA) is 25.4 Å². The lowest BCUT2D eigenvalue weighted by atomic mass is 10.0. The van der Waals surface area contributed by atoms with Crippen molar-refractivity contribution in [2.75, 3.05) is 33.4 Å². The van der Waals surface area contributed by atoms with Crippen LogP contribution in [0.25, 0.3) is 0 Å². The van der Waals surface area contributed by atoms with Crippen molar-refractivity contribution < 1.29 is 9.13 Å². The zero-order valence-electron chi connectivity index (χ0n) is 9.53. The summed E-state index contributed by atoms with van der Waals surface area (Å²) in [5.74, 6) is 0.176. The lowest BCUT2D eigenvalue weighted by molar-refractivity contribution is 0.160. The molecule has 0 N–H and O–H groups in total. The third-order valence-corrected chi connectivity index (χ3v) is 3.05. The lowest BCUT2D eigenvalue weighted by Crippen LogP contribution is -2.24. The fourth-order valence-electron chi connectivity index (χ4n) is 2.13. The molecular formula is C12H17FN2O. The molecule has 1 fully saturated rings. The van der Waals surface area contributed by atoms with Gasteiger partial charge in [0, 0.05) is 31.8 Å². The van der Waals surface area contributed by atoms with Gasteiger partial charge in [-0.25, -0.2) is 4.39 Å². The van der Waals surface area contributed by atoms with Crippen molar-refractivity contribution in [1.29, 1.82) is 0 Å². The highest BCUT2D eigenvalue weighted by Gasteiger charge is 2.24. The number of ether oxygens (including phenoxy) is 1. The van der Waals surface area contributed by atoms with E-state index in [1.54, 1.807) is 13.2 Å². The van der Waals surface area contributed by atoms with E-state index in [-0.39, 0.29) is 5.82 Å². The third kappa shape index (κ3) is 2.77. The molecule has 0 aliphatic carbocycles. The Bertz CT molecular complexity index is 328. The van der Waals surface area contributed by atoms with Crippen molar-refractivity contribution in [1.82, 2.24) is 9.88 Å². The van der Waals surface area contributed by atoms with Gasteiger partial charge in [0.05, 0.1) is 12.8 Å². The van der Waals surface area contributed by atoms with E-state index in [0.29, 0.717) is 5.92 Å². The molecule has 1 aliphatic heterocycles. The molecule has 0 amide bonds. The Labute approximate surface area is 95.2 Å². The van der Waals surface area contributed by atoms with Crippen LogP contribution in [-0.4, -0.2) is 43.2 Å². The molecule has 3 nitrogen and oxygen atoms in total. The summed E-state index contributed by atoms with van der Waals surface area (Å²) >= 11 is 0. The van der Waals surface area contributed by atoms with Gasteiger partial charge in [-0.2, -0.15) is 0 Å². The van der Waals surface area contributed by atoms with Crippen molar-refractivity contribution in [2.45, 2.75) is 12.3 Å². The van der Waals surface area contributed by atoms with Gasteiger partial charge in [0.2, 0.25) is 0 Å². The zero-order chi connectivity index (χ0) is 11.4. The van der Waals surface area contributed by atoms with Crippen molar-refractivity contribution in [3.63, 3.8) is 0 Å². The summed E-state index contributed by atoms with van der Waals surface area (Å²) in [6.07, 6.45) is 2.40. The van der Waals surface area contributed by atoms with Crippen molar-refractivity contribution in [2.24, 2.45) is 0 Å². The van der Waals surface area contributed by atoms with Gasteiger partial charge in [0.15, 0.2) is 0 Å². The number of rotatable bonds is 4. The van der Waals surface area contributed by atoms with Gasteiger partial charge in [-0.3, -0.25) is 4.98 Å². The molecule has 1 atom stereocenters. The van der Waals surface area contributed by atoms with E-state index in [0.717, 1.165) is 38.4 Å². The minimum Gasteiger partial charge on any atom is -0.383 e. The SMILES string of the molecule is COCCN1CC[C@H](c2ccc(F)cn2)C1. The molecule has 1 aromatic rings. The fraction of sp³-hybridized carbons (Fsp3) is 0.583. The summed E-state index contributed by atoms with van der Waals surface area (Å²) in [5, 5.41) is 0. The minimum atomic E-state index is -0.266. The average molecular weight is 224 g/mol. The molecule has 0 unspecified atom stereocenters. The number of nitrogens with zero attached hydrogens (tertiary/aromatic N) is 2. The molecule has 16 heavy (non-hydrogen) atoms. The zero-order valence-corrected chi connectivity index (χ0v) is 9.53. The first-order valence-electron chi connectivity index (χ1n) is 5.62. The van der Waals surface area contributed by atoms with E-state index in [1.165, 1.54) is 12.3 Å². The van der Waals surface area contributed by atoms with Crippen LogP contribution in [0.1, 0.15) is 18.0 Å². The Morgan fingerprint density at radius 2 is 2.44 bits per heavy atom. The van der Waals surface area contributed by atoms with E-state index in [4.69, 9.17) is 4.74 Å². The number of hydrogen-bond donors (Lipinski definition) is 0. The highest BCUT2D eigenvalue weighted by atomic mass is 19.1. The smallest absolute Gasteiger partial charge is 0.141 e. The van der Waals surface area contributed by atoms with Crippen LogP contribution in [0.4, 0.5) is 4.39 Å². The highest BCUT2D eigenvalue weighted by Crippen LogP contribution is 2.25.